The number of pyridine rings is 1. The molecule has 4 heteroatoms. The maximum Gasteiger partial charge on any atom is 0.216 e. The molecule has 1 aromatic rings. The number of ether oxygens (including phenoxy) is 2. The van der Waals surface area contributed by atoms with Gasteiger partial charge in [-0.05, 0) is 19.4 Å². The molecule has 0 bridgehead atoms. The van der Waals surface area contributed by atoms with Gasteiger partial charge in [0, 0.05) is 18.7 Å². The normalized spacial score (nSPS) is 21.0. The molecule has 1 N–H and O–H groups in total. The molecule has 2 heterocycles. The van der Waals surface area contributed by atoms with Crippen LogP contribution >= 0.6 is 0 Å². The molecule has 1 aliphatic rings. The van der Waals surface area contributed by atoms with Crippen LogP contribution in [0.15, 0.2) is 18.2 Å². The molecule has 0 aromatic carbocycles. The van der Waals surface area contributed by atoms with Crippen LogP contribution in [0, 0.1) is 0 Å². The molecule has 0 spiro atoms. The summed E-state index contributed by atoms with van der Waals surface area (Å²) in [7, 11) is 1.61. The van der Waals surface area contributed by atoms with Crippen LogP contribution in [-0.2, 0) is 0 Å². The van der Waals surface area contributed by atoms with E-state index in [0.29, 0.717) is 11.8 Å². The molecular weight excluding hydrogens is 192 g/mol. The number of methoxy groups -OCH3 is 1. The lowest BCUT2D eigenvalue weighted by atomic mass is 10.1. The van der Waals surface area contributed by atoms with Gasteiger partial charge in [-0.1, -0.05) is 6.07 Å². The fourth-order valence-corrected chi connectivity index (χ4v) is 1.67. The van der Waals surface area contributed by atoms with Gasteiger partial charge >= 0.3 is 0 Å². The van der Waals surface area contributed by atoms with Crippen molar-refractivity contribution in [1.82, 2.24) is 10.3 Å². The Labute approximate surface area is 89.6 Å². The molecule has 1 aromatic heterocycles. The van der Waals surface area contributed by atoms with Crippen LogP contribution in [0.25, 0.3) is 0 Å². The summed E-state index contributed by atoms with van der Waals surface area (Å²) in [5.74, 6) is 1.24. The van der Waals surface area contributed by atoms with E-state index in [4.69, 9.17) is 9.47 Å². The molecule has 0 aliphatic carbocycles. The van der Waals surface area contributed by atoms with E-state index in [1.54, 1.807) is 7.11 Å². The van der Waals surface area contributed by atoms with Crippen LogP contribution in [0.1, 0.15) is 12.8 Å². The summed E-state index contributed by atoms with van der Waals surface area (Å²) >= 11 is 0. The third kappa shape index (κ3) is 2.83. The number of rotatable bonds is 3. The van der Waals surface area contributed by atoms with Crippen molar-refractivity contribution in [2.45, 2.75) is 18.9 Å². The first-order valence-corrected chi connectivity index (χ1v) is 5.27. The number of hydrogen-bond acceptors (Lipinski definition) is 4. The highest BCUT2D eigenvalue weighted by atomic mass is 16.5. The minimum absolute atomic E-state index is 0.235. The number of aromatic nitrogens is 1. The van der Waals surface area contributed by atoms with Gasteiger partial charge in [-0.15, -0.1) is 0 Å². The first-order valence-electron chi connectivity index (χ1n) is 5.27. The minimum atomic E-state index is 0.235. The fraction of sp³-hybridized carbons (Fsp3) is 0.545. The smallest absolute Gasteiger partial charge is 0.216 e. The zero-order valence-electron chi connectivity index (χ0n) is 8.90. The molecular formula is C11H16N2O2. The van der Waals surface area contributed by atoms with Gasteiger partial charge in [0.25, 0.3) is 0 Å². The Morgan fingerprint density at radius 3 is 3.00 bits per heavy atom. The van der Waals surface area contributed by atoms with E-state index >= 15 is 0 Å². The Morgan fingerprint density at radius 1 is 1.40 bits per heavy atom. The van der Waals surface area contributed by atoms with Crippen molar-refractivity contribution < 1.29 is 9.47 Å². The predicted octanol–water partition coefficient (Wildman–Crippen LogP) is 1.22. The second kappa shape index (κ2) is 4.98. The average Bonchev–Trinajstić information content (AvgIpc) is 2.31. The largest absolute Gasteiger partial charge is 0.481 e. The molecule has 1 atom stereocenters. The standard InChI is InChI=1S/C11H16N2O2/c1-14-10-5-2-6-11(13-10)15-9-4-3-7-12-8-9/h2,5-6,9,12H,3-4,7-8H2,1H3. The van der Waals surface area contributed by atoms with Crippen LogP contribution in [0.3, 0.4) is 0 Å². The Hall–Kier alpha value is -1.29. The van der Waals surface area contributed by atoms with Gasteiger partial charge in [0.15, 0.2) is 0 Å². The van der Waals surface area contributed by atoms with Crippen LogP contribution in [0.5, 0.6) is 11.8 Å². The highest BCUT2D eigenvalue weighted by Gasteiger charge is 2.14. The lowest BCUT2D eigenvalue weighted by Crippen LogP contribution is -2.37. The van der Waals surface area contributed by atoms with E-state index in [9.17, 15) is 0 Å². The van der Waals surface area contributed by atoms with Crippen molar-refractivity contribution in [3.8, 4) is 11.8 Å². The zero-order valence-corrected chi connectivity index (χ0v) is 8.90. The number of nitrogens with one attached hydrogen (secondary N) is 1. The SMILES string of the molecule is COc1cccc(OC2CCCNC2)n1. The highest BCUT2D eigenvalue weighted by molar-refractivity contribution is 5.19. The van der Waals surface area contributed by atoms with Gasteiger partial charge in [0.1, 0.15) is 6.10 Å². The summed E-state index contributed by atoms with van der Waals surface area (Å²) in [6.07, 6.45) is 2.49. The molecule has 0 radical (unpaired) electrons. The predicted molar refractivity (Wildman–Crippen MR) is 57.3 cm³/mol. The van der Waals surface area contributed by atoms with Gasteiger partial charge in [-0.3, -0.25) is 0 Å². The van der Waals surface area contributed by atoms with Crippen LogP contribution in [0.4, 0.5) is 0 Å². The Morgan fingerprint density at radius 2 is 2.27 bits per heavy atom. The van der Waals surface area contributed by atoms with Crippen molar-refractivity contribution in [2.24, 2.45) is 0 Å². The molecule has 1 saturated heterocycles. The minimum Gasteiger partial charge on any atom is -0.481 e. The Balaban J connectivity index is 1.96. The molecule has 0 saturated carbocycles. The van der Waals surface area contributed by atoms with Gasteiger partial charge in [-0.2, -0.15) is 4.98 Å². The van der Waals surface area contributed by atoms with E-state index in [1.165, 1.54) is 0 Å². The topological polar surface area (TPSA) is 43.4 Å². The average molecular weight is 208 g/mol. The third-order valence-electron chi connectivity index (χ3n) is 2.45. The molecule has 0 amide bonds. The number of piperidine rings is 1. The summed E-state index contributed by atoms with van der Waals surface area (Å²) in [6.45, 7) is 1.99. The van der Waals surface area contributed by atoms with Crippen molar-refractivity contribution in [2.75, 3.05) is 20.2 Å². The van der Waals surface area contributed by atoms with Crippen molar-refractivity contribution >= 4 is 0 Å². The van der Waals surface area contributed by atoms with Crippen LogP contribution in [-0.4, -0.2) is 31.3 Å². The van der Waals surface area contributed by atoms with Crippen LogP contribution < -0.4 is 14.8 Å². The lowest BCUT2D eigenvalue weighted by molar-refractivity contribution is 0.159. The Kier molecular flexibility index (Phi) is 3.40. The second-order valence-electron chi connectivity index (χ2n) is 3.60. The van der Waals surface area contributed by atoms with Crippen molar-refractivity contribution in [1.29, 1.82) is 0 Å². The summed E-state index contributed by atoms with van der Waals surface area (Å²) < 4.78 is 10.8. The molecule has 2 rings (SSSR count). The van der Waals surface area contributed by atoms with Gasteiger partial charge < -0.3 is 14.8 Å². The summed E-state index contributed by atoms with van der Waals surface area (Å²) in [4.78, 5) is 4.21. The van der Waals surface area contributed by atoms with E-state index in [2.05, 4.69) is 10.3 Å². The summed E-state index contributed by atoms with van der Waals surface area (Å²) in [5.41, 5.74) is 0. The first kappa shape index (κ1) is 10.2. The van der Waals surface area contributed by atoms with Gasteiger partial charge in [0.05, 0.1) is 7.11 Å². The fourth-order valence-electron chi connectivity index (χ4n) is 1.67. The summed E-state index contributed by atoms with van der Waals surface area (Å²) in [5, 5.41) is 3.30. The third-order valence-corrected chi connectivity index (χ3v) is 2.45. The van der Waals surface area contributed by atoms with Crippen molar-refractivity contribution in [3.05, 3.63) is 18.2 Å². The lowest BCUT2D eigenvalue weighted by Gasteiger charge is -2.23. The van der Waals surface area contributed by atoms with Gasteiger partial charge in [0.2, 0.25) is 11.8 Å². The zero-order chi connectivity index (χ0) is 10.5. The molecule has 1 unspecified atom stereocenters. The quantitative estimate of drug-likeness (QED) is 0.811. The monoisotopic (exact) mass is 208 g/mol. The molecule has 4 nitrogen and oxygen atoms in total. The first-order chi connectivity index (χ1) is 7.38. The number of hydrogen-bond donors (Lipinski definition) is 1. The van der Waals surface area contributed by atoms with E-state index < -0.39 is 0 Å². The van der Waals surface area contributed by atoms with Gasteiger partial charge in [-0.25, -0.2) is 0 Å². The second-order valence-corrected chi connectivity index (χ2v) is 3.60. The molecule has 1 aliphatic heterocycles. The van der Waals surface area contributed by atoms with E-state index in [1.807, 2.05) is 18.2 Å². The van der Waals surface area contributed by atoms with Crippen molar-refractivity contribution in [3.63, 3.8) is 0 Å². The molecule has 15 heavy (non-hydrogen) atoms. The summed E-state index contributed by atoms with van der Waals surface area (Å²) in [6, 6.07) is 5.56. The molecule has 1 fully saturated rings. The van der Waals surface area contributed by atoms with E-state index in [-0.39, 0.29) is 6.10 Å². The Bertz CT molecular complexity index is 311. The maximum atomic E-state index is 5.74. The van der Waals surface area contributed by atoms with Crippen LogP contribution in [0.2, 0.25) is 0 Å². The van der Waals surface area contributed by atoms with E-state index in [0.717, 1.165) is 25.9 Å². The maximum absolute atomic E-state index is 5.74. The molecule has 82 valence electrons. The number of nitrogens with zero attached hydrogens (tertiary/aromatic N) is 1. The highest BCUT2D eigenvalue weighted by Crippen LogP contribution is 2.16.